The minimum atomic E-state index is 0.472. The largest absolute Gasteiger partial charge is 0.495 e. The smallest absolute Gasteiger partial charge is 0.234 e. The van der Waals surface area contributed by atoms with Crippen molar-refractivity contribution in [2.24, 2.45) is 5.73 Å². The number of nitrogens with zero attached hydrogens (tertiary/aromatic N) is 3. The highest BCUT2D eigenvalue weighted by molar-refractivity contribution is 5.66. The second kappa shape index (κ2) is 7.44. The molecule has 2 N–H and O–H groups in total. The molecule has 0 saturated carbocycles. The molecule has 0 aliphatic carbocycles. The fourth-order valence-corrected chi connectivity index (χ4v) is 2.03. The van der Waals surface area contributed by atoms with Gasteiger partial charge in [0.25, 0.3) is 0 Å². The van der Waals surface area contributed by atoms with Gasteiger partial charge in [-0.2, -0.15) is 4.98 Å². The number of aromatic nitrogens is 2. The molecule has 21 heavy (non-hydrogen) atoms. The van der Waals surface area contributed by atoms with E-state index in [1.54, 1.807) is 26.6 Å². The Morgan fingerprint density at radius 1 is 1.14 bits per heavy atom. The summed E-state index contributed by atoms with van der Waals surface area (Å²) in [6, 6.07) is 7.79. The van der Waals surface area contributed by atoms with Crippen LogP contribution in [0.4, 0.5) is 11.5 Å². The summed E-state index contributed by atoms with van der Waals surface area (Å²) in [6.07, 6.45) is 4.11. The maximum absolute atomic E-state index is 5.64. The summed E-state index contributed by atoms with van der Waals surface area (Å²) >= 11 is 0. The second-order valence-corrected chi connectivity index (χ2v) is 4.39. The van der Waals surface area contributed by atoms with Gasteiger partial charge in [0.2, 0.25) is 5.88 Å². The summed E-state index contributed by atoms with van der Waals surface area (Å²) < 4.78 is 10.6. The van der Waals surface area contributed by atoms with Gasteiger partial charge in [-0.15, -0.1) is 0 Å². The Kier molecular flexibility index (Phi) is 5.34. The van der Waals surface area contributed by atoms with Crippen molar-refractivity contribution >= 4 is 11.5 Å². The zero-order valence-corrected chi connectivity index (χ0v) is 12.3. The van der Waals surface area contributed by atoms with E-state index in [2.05, 4.69) is 9.97 Å². The van der Waals surface area contributed by atoms with E-state index in [0.717, 1.165) is 24.4 Å². The molecule has 0 fully saturated rings. The lowest BCUT2D eigenvalue weighted by molar-refractivity contribution is 0.395. The van der Waals surface area contributed by atoms with Crippen LogP contribution >= 0.6 is 0 Å². The third kappa shape index (κ3) is 3.61. The molecule has 1 aromatic heterocycles. The molecule has 0 unspecified atom stereocenters. The van der Waals surface area contributed by atoms with E-state index in [-0.39, 0.29) is 0 Å². The number of hydrogen-bond acceptors (Lipinski definition) is 6. The SMILES string of the molecule is COc1cncc(N(CCCN)c2ccccc2OC)n1. The molecule has 0 atom stereocenters. The van der Waals surface area contributed by atoms with Crippen LogP contribution in [0.3, 0.4) is 0 Å². The number of nitrogens with two attached hydrogens (primary N) is 1. The molecule has 6 heteroatoms. The second-order valence-electron chi connectivity index (χ2n) is 4.39. The number of para-hydroxylation sites is 2. The Morgan fingerprint density at radius 3 is 2.67 bits per heavy atom. The van der Waals surface area contributed by atoms with E-state index in [0.29, 0.717) is 18.2 Å². The molecule has 0 saturated heterocycles. The molecule has 2 rings (SSSR count). The highest BCUT2D eigenvalue weighted by atomic mass is 16.5. The van der Waals surface area contributed by atoms with E-state index < -0.39 is 0 Å². The van der Waals surface area contributed by atoms with Crippen molar-refractivity contribution in [1.82, 2.24) is 9.97 Å². The van der Waals surface area contributed by atoms with E-state index in [1.165, 1.54) is 0 Å². The van der Waals surface area contributed by atoms with Gasteiger partial charge in [0.05, 0.1) is 32.3 Å². The zero-order chi connectivity index (χ0) is 15.1. The van der Waals surface area contributed by atoms with Crippen LogP contribution in [-0.4, -0.2) is 37.3 Å². The molecule has 0 amide bonds. The Morgan fingerprint density at radius 2 is 1.95 bits per heavy atom. The number of hydrogen-bond donors (Lipinski definition) is 1. The molecule has 6 nitrogen and oxygen atoms in total. The van der Waals surface area contributed by atoms with Gasteiger partial charge in [0, 0.05) is 6.54 Å². The van der Waals surface area contributed by atoms with Gasteiger partial charge < -0.3 is 20.1 Å². The molecule has 0 radical (unpaired) electrons. The first-order valence-electron chi connectivity index (χ1n) is 6.76. The van der Waals surface area contributed by atoms with Crippen LogP contribution in [-0.2, 0) is 0 Å². The molecule has 0 aliphatic rings. The first kappa shape index (κ1) is 15.1. The van der Waals surface area contributed by atoms with Crippen LogP contribution in [0, 0.1) is 0 Å². The quantitative estimate of drug-likeness (QED) is 0.840. The van der Waals surface area contributed by atoms with Gasteiger partial charge in [-0.3, -0.25) is 4.98 Å². The molecule has 1 heterocycles. The molecule has 0 bridgehead atoms. The average Bonchev–Trinajstić information content (AvgIpc) is 2.56. The predicted octanol–water partition coefficient (Wildman–Crippen LogP) is 1.98. The van der Waals surface area contributed by atoms with Crippen LogP contribution in [0.5, 0.6) is 11.6 Å². The highest BCUT2D eigenvalue weighted by Crippen LogP contribution is 2.32. The van der Waals surface area contributed by atoms with Crippen molar-refractivity contribution in [3.63, 3.8) is 0 Å². The van der Waals surface area contributed by atoms with Gasteiger partial charge in [-0.05, 0) is 25.1 Å². The third-order valence-electron chi connectivity index (χ3n) is 3.05. The predicted molar refractivity (Wildman–Crippen MR) is 82.3 cm³/mol. The van der Waals surface area contributed by atoms with Crippen molar-refractivity contribution in [2.75, 3.05) is 32.2 Å². The van der Waals surface area contributed by atoms with Gasteiger partial charge >= 0.3 is 0 Å². The average molecular weight is 288 g/mol. The fraction of sp³-hybridized carbons (Fsp3) is 0.333. The van der Waals surface area contributed by atoms with E-state index in [9.17, 15) is 0 Å². The summed E-state index contributed by atoms with van der Waals surface area (Å²) in [5.74, 6) is 1.95. The van der Waals surface area contributed by atoms with Crippen molar-refractivity contribution in [1.29, 1.82) is 0 Å². The minimum absolute atomic E-state index is 0.472. The summed E-state index contributed by atoms with van der Waals surface area (Å²) in [4.78, 5) is 10.6. The Bertz CT molecular complexity index is 577. The van der Waals surface area contributed by atoms with Crippen molar-refractivity contribution < 1.29 is 9.47 Å². The highest BCUT2D eigenvalue weighted by Gasteiger charge is 2.15. The molecule has 0 aliphatic heterocycles. The molecule has 112 valence electrons. The van der Waals surface area contributed by atoms with Crippen molar-refractivity contribution in [3.05, 3.63) is 36.7 Å². The van der Waals surface area contributed by atoms with Crippen LogP contribution in [0.1, 0.15) is 6.42 Å². The van der Waals surface area contributed by atoms with E-state index in [4.69, 9.17) is 15.2 Å². The van der Waals surface area contributed by atoms with Crippen LogP contribution < -0.4 is 20.1 Å². The summed E-state index contributed by atoms with van der Waals surface area (Å²) in [5, 5.41) is 0. The standard InChI is InChI=1S/C15H20N4O2/c1-20-13-7-4-3-6-12(13)19(9-5-8-16)14-10-17-11-15(18-14)21-2/h3-4,6-7,10-11H,5,8-9,16H2,1-2H3. The molecule has 1 aromatic carbocycles. The lowest BCUT2D eigenvalue weighted by atomic mass is 10.2. The van der Waals surface area contributed by atoms with Gasteiger partial charge in [-0.25, -0.2) is 0 Å². The first-order chi connectivity index (χ1) is 10.3. The Hall–Kier alpha value is -2.34. The summed E-state index contributed by atoms with van der Waals surface area (Å²) in [7, 11) is 3.22. The normalized spacial score (nSPS) is 10.2. The number of anilines is 2. The van der Waals surface area contributed by atoms with Crippen LogP contribution in [0.25, 0.3) is 0 Å². The van der Waals surface area contributed by atoms with Crippen LogP contribution in [0.2, 0.25) is 0 Å². The molecular formula is C15H20N4O2. The lowest BCUT2D eigenvalue weighted by Crippen LogP contribution is -2.22. The topological polar surface area (TPSA) is 73.5 Å². The first-order valence-corrected chi connectivity index (χ1v) is 6.76. The fourth-order valence-electron chi connectivity index (χ4n) is 2.03. The number of methoxy groups -OCH3 is 2. The van der Waals surface area contributed by atoms with E-state index >= 15 is 0 Å². The van der Waals surface area contributed by atoms with Gasteiger partial charge in [0.1, 0.15) is 5.75 Å². The number of benzene rings is 1. The Balaban J connectivity index is 2.41. The Labute approximate surface area is 124 Å². The molecule has 2 aromatic rings. The maximum atomic E-state index is 5.64. The van der Waals surface area contributed by atoms with Crippen molar-refractivity contribution in [3.8, 4) is 11.6 Å². The molecular weight excluding hydrogens is 268 g/mol. The number of ether oxygens (including phenoxy) is 2. The van der Waals surface area contributed by atoms with Gasteiger partial charge in [0.15, 0.2) is 5.82 Å². The summed E-state index contributed by atoms with van der Waals surface area (Å²) in [6.45, 7) is 1.32. The zero-order valence-electron chi connectivity index (χ0n) is 12.3. The van der Waals surface area contributed by atoms with Gasteiger partial charge in [-0.1, -0.05) is 12.1 Å². The third-order valence-corrected chi connectivity index (χ3v) is 3.05. The lowest BCUT2D eigenvalue weighted by Gasteiger charge is -2.25. The number of rotatable bonds is 7. The van der Waals surface area contributed by atoms with Crippen molar-refractivity contribution in [2.45, 2.75) is 6.42 Å². The minimum Gasteiger partial charge on any atom is -0.495 e. The maximum Gasteiger partial charge on any atom is 0.234 e. The van der Waals surface area contributed by atoms with Crippen LogP contribution in [0.15, 0.2) is 36.7 Å². The summed E-state index contributed by atoms with van der Waals surface area (Å²) in [5.41, 5.74) is 6.57. The molecule has 0 spiro atoms. The monoisotopic (exact) mass is 288 g/mol. The van der Waals surface area contributed by atoms with E-state index in [1.807, 2.05) is 29.2 Å².